The molecule has 0 atom stereocenters. The maximum atomic E-state index is 5.89. The van der Waals surface area contributed by atoms with Crippen LogP contribution in [0, 0.1) is 6.92 Å². The summed E-state index contributed by atoms with van der Waals surface area (Å²) in [6.45, 7) is 2.08. The van der Waals surface area contributed by atoms with Crippen LogP contribution in [0.2, 0.25) is 0 Å². The molecule has 82 valence electrons. The Morgan fingerprint density at radius 3 is 2.35 bits per heavy atom. The van der Waals surface area contributed by atoms with Crippen LogP contribution in [0.15, 0.2) is 65.1 Å². The molecule has 3 aromatic rings. The molecule has 0 fully saturated rings. The van der Waals surface area contributed by atoms with E-state index in [-0.39, 0.29) is 0 Å². The van der Waals surface area contributed by atoms with E-state index in [0.29, 0.717) is 0 Å². The van der Waals surface area contributed by atoms with Crippen LogP contribution in [0.1, 0.15) is 5.56 Å². The minimum atomic E-state index is 0.906. The van der Waals surface area contributed by atoms with Crippen LogP contribution in [0.25, 0.3) is 22.3 Å². The third-order valence-corrected chi connectivity index (χ3v) is 2.89. The minimum absolute atomic E-state index is 0.906. The van der Waals surface area contributed by atoms with Gasteiger partial charge < -0.3 is 0 Å². The summed E-state index contributed by atoms with van der Waals surface area (Å²) in [5.74, 6) is 0.906. The highest BCUT2D eigenvalue weighted by Gasteiger charge is 2.13. The van der Waals surface area contributed by atoms with Gasteiger partial charge in [0.1, 0.15) is 0 Å². The van der Waals surface area contributed by atoms with E-state index < -0.39 is 0 Å². The first-order valence-corrected chi connectivity index (χ1v) is 5.72. The Hall–Kier alpha value is -2.15. The third-order valence-electron chi connectivity index (χ3n) is 2.89. The number of hydrogen-bond donors (Lipinski definition) is 0. The van der Waals surface area contributed by atoms with Crippen molar-refractivity contribution in [2.24, 2.45) is 0 Å². The summed E-state index contributed by atoms with van der Waals surface area (Å²) in [7, 11) is 0. The molecule has 2 aromatic carbocycles. The number of para-hydroxylation sites is 1. The van der Waals surface area contributed by atoms with Gasteiger partial charge in [0.25, 0.3) is 0 Å². The van der Waals surface area contributed by atoms with Crippen molar-refractivity contribution in [1.82, 2.24) is 0 Å². The van der Waals surface area contributed by atoms with Gasteiger partial charge in [-0.2, -0.15) is 0 Å². The molecule has 0 spiro atoms. The van der Waals surface area contributed by atoms with Crippen LogP contribution in [0.5, 0.6) is 0 Å². The zero-order valence-electron chi connectivity index (χ0n) is 9.68. The van der Waals surface area contributed by atoms with Gasteiger partial charge in [0, 0.05) is 12.1 Å². The van der Waals surface area contributed by atoms with Gasteiger partial charge in [0.2, 0.25) is 0 Å². The van der Waals surface area contributed by atoms with Crippen molar-refractivity contribution in [3.63, 3.8) is 0 Å². The molecule has 1 heterocycles. The molecule has 0 bridgehead atoms. The second-order valence-corrected chi connectivity index (χ2v) is 4.20. The van der Waals surface area contributed by atoms with Gasteiger partial charge in [-0.25, -0.2) is 4.42 Å². The van der Waals surface area contributed by atoms with Crippen LogP contribution in [0.3, 0.4) is 0 Å². The largest absolute Gasteiger partial charge is 0.360 e. The molecule has 3 rings (SSSR count). The Morgan fingerprint density at radius 2 is 1.53 bits per heavy atom. The lowest BCUT2D eigenvalue weighted by molar-refractivity contribution is 0.620. The molecular formula is C16H13O+. The highest BCUT2D eigenvalue weighted by molar-refractivity contribution is 5.78. The smallest absolute Gasteiger partial charge is 0.207 e. The van der Waals surface area contributed by atoms with Gasteiger partial charge in [-0.1, -0.05) is 29.8 Å². The summed E-state index contributed by atoms with van der Waals surface area (Å²) in [6, 6.07) is 20.5. The molecule has 0 N–H and O–H groups in total. The number of fused-ring (bicyclic) bond motifs is 1. The summed E-state index contributed by atoms with van der Waals surface area (Å²) in [5.41, 5.74) is 3.29. The standard InChI is InChI=1S/C16H13O/c1-12-6-8-14(9-7-12)16-11-10-13-4-2-3-5-15(13)17-16/h2-11H,1H3/q+1. The van der Waals surface area contributed by atoms with Crippen LogP contribution >= 0.6 is 0 Å². The minimum Gasteiger partial charge on any atom is -0.207 e. The van der Waals surface area contributed by atoms with Crippen molar-refractivity contribution >= 4 is 11.0 Å². The Labute approximate surface area is 100 Å². The molecule has 1 aromatic heterocycles. The predicted molar refractivity (Wildman–Crippen MR) is 70.8 cm³/mol. The van der Waals surface area contributed by atoms with Gasteiger partial charge in [-0.15, -0.1) is 0 Å². The molecule has 0 amide bonds. The van der Waals surface area contributed by atoms with Gasteiger partial charge in [-0.05, 0) is 31.2 Å². The van der Waals surface area contributed by atoms with Gasteiger partial charge in [-0.3, -0.25) is 0 Å². The van der Waals surface area contributed by atoms with Gasteiger partial charge in [0.15, 0.2) is 0 Å². The maximum Gasteiger partial charge on any atom is 0.360 e. The normalized spacial score (nSPS) is 10.6. The van der Waals surface area contributed by atoms with E-state index in [2.05, 4.69) is 43.3 Å². The lowest BCUT2D eigenvalue weighted by Crippen LogP contribution is -1.79. The second kappa shape index (κ2) is 4.02. The van der Waals surface area contributed by atoms with E-state index in [1.54, 1.807) is 0 Å². The van der Waals surface area contributed by atoms with Gasteiger partial charge >= 0.3 is 11.3 Å². The molecule has 0 aliphatic rings. The van der Waals surface area contributed by atoms with Crippen LogP contribution in [-0.4, -0.2) is 0 Å². The quantitative estimate of drug-likeness (QED) is 0.542. The number of hydrogen-bond acceptors (Lipinski definition) is 0. The average Bonchev–Trinajstić information content (AvgIpc) is 2.39. The first-order valence-electron chi connectivity index (χ1n) is 5.72. The Balaban J connectivity index is 2.14. The second-order valence-electron chi connectivity index (χ2n) is 4.20. The van der Waals surface area contributed by atoms with Crippen molar-refractivity contribution < 1.29 is 4.42 Å². The summed E-state index contributed by atoms with van der Waals surface area (Å²) in [4.78, 5) is 0. The summed E-state index contributed by atoms with van der Waals surface area (Å²) >= 11 is 0. The molecule has 1 heteroatoms. The molecule has 1 nitrogen and oxygen atoms in total. The molecule has 0 aliphatic carbocycles. The van der Waals surface area contributed by atoms with E-state index >= 15 is 0 Å². The molecule has 0 saturated carbocycles. The average molecular weight is 221 g/mol. The molecular weight excluding hydrogens is 208 g/mol. The fraction of sp³-hybridized carbons (Fsp3) is 0.0625. The van der Waals surface area contributed by atoms with E-state index in [0.717, 1.165) is 22.3 Å². The van der Waals surface area contributed by atoms with E-state index in [1.807, 2.05) is 24.3 Å². The van der Waals surface area contributed by atoms with Crippen molar-refractivity contribution in [2.75, 3.05) is 0 Å². The highest BCUT2D eigenvalue weighted by Crippen LogP contribution is 2.24. The molecule has 0 saturated heterocycles. The fourth-order valence-electron chi connectivity index (χ4n) is 1.90. The van der Waals surface area contributed by atoms with Gasteiger partial charge in [0.05, 0.1) is 10.9 Å². The van der Waals surface area contributed by atoms with Crippen LogP contribution < -0.4 is 0 Å². The number of aryl methyl sites for hydroxylation is 1. The molecule has 0 unspecified atom stereocenters. The summed E-state index contributed by atoms with van der Waals surface area (Å²) < 4.78 is 5.89. The van der Waals surface area contributed by atoms with Crippen molar-refractivity contribution in [2.45, 2.75) is 6.92 Å². The highest BCUT2D eigenvalue weighted by atomic mass is 16.3. The fourth-order valence-corrected chi connectivity index (χ4v) is 1.90. The first kappa shape index (κ1) is 10.0. The summed E-state index contributed by atoms with van der Waals surface area (Å²) in [6.07, 6.45) is 0. The summed E-state index contributed by atoms with van der Waals surface area (Å²) in [5, 5.41) is 1.13. The molecule has 17 heavy (non-hydrogen) atoms. The van der Waals surface area contributed by atoms with E-state index in [1.165, 1.54) is 5.56 Å². The zero-order chi connectivity index (χ0) is 11.7. The molecule has 0 aliphatic heterocycles. The van der Waals surface area contributed by atoms with E-state index in [4.69, 9.17) is 4.42 Å². The predicted octanol–water partition coefficient (Wildman–Crippen LogP) is 4.69. The number of benzene rings is 2. The number of rotatable bonds is 1. The Kier molecular flexibility index (Phi) is 2.37. The van der Waals surface area contributed by atoms with Crippen LogP contribution in [0.4, 0.5) is 0 Å². The SMILES string of the molecule is Cc1ccc(-c2ccc3ccccc3[o+]2)cc1. The first-order chi connectivity index (χ1) is 8.33. The van der Waals surface area contributed by atoms with E-state index in [9.17, 15) is 0 Å². The zero-order valence-corrected chi connectivity index (χ0v) is 9.68. The molecule has 0 radical (unpaired) electrons. The topological polar surface area (TPSA) is 11.3 Å². The monoisotopic (exact) mass is 221 g/mol. The van der Waals surface area contributed by atoms with Crippen molar-refractivity contribution in [1.29, 1.82) is 0 Å². The van der Waals surface area contributed by atoms with Crippen molar-refractivity contribution in [3.05, 3.63) is 66.2 Å². The lowest BCUT2D eigenvalue weighted by Gasteiger charge is -1.94. The third kappa shape index (κ3) is 1.92. The maximum absolute atomic E-state index is 5.89. The van der Waals surface area contributed by atoms with Crippen molar-refractivity contribution in [3.8, 4) is 11.3 Å². The Morgan fingerprint density at radius 1 is 0.765 bits per heavy atom. The Bertz CT molecular complexity index is 654. The lowest BCUT2D eigenvalue weighted by atomic mass is 10.1. The van der Waals surface area contributed by atoms with Crippen LogP contribution in [-0.2, 0) is 0 Å².